The molecule has 5 nitrogen and oxygen atoms in total. The fourth-order valence-corrected chi connectivity index (χ4v) is 2.27. The molecule has 0 saturated heterocycles. The predicted octanol–water partition coefficient (Wildman–Crippen LogP) is 3.00. The molecule has 5 heteroatoms. The Kier molecular flexibility index (Phi) is 3.39. The van der Waals surface area contributed by atoms with Crippen LogP contribution in [0.4, 0.5) is 11.4 Å². The third-order valence-corrected chi connectivity index (χ3v) is 3.32. The second-order valence-electron chi connectivity index (χ2n) is 4.99. The quantitative estimate of drug-likeness (QED) is 0.711. The van der Waals surface area contributed by atoms with E-state index in [2.05, 4.69) is 5.32 Å². The van der Waals surface area contributed by atoms with Gasteiger partial charge >= 0.3 is 0 Å². The summed E-state index contributed by atoms with van der Waals surface area (Å²) in [5, 5.41) is 3.12. The smallest absolute Gasteiger partial charge is 0.221 e. The van der Waals surface area contributed by atoms with Crippen LogP contribution < -0.4 is 16.5 Å². The Bertz CT molecular complexity index is 911. The van der Waals surface area contributed by atoms with Crippen molar-refractivity contribution in [2.75, 3.05) is 11.1 Å². The van der Waals surface area contributed by atoms with E-state index in [0.29, 0.717) is 27.9 Å². The van der Waals surface area contributed by atoms with E-state index in [4.69, 9.17) is 10.2 Å². The number of anilines is 2. The van der Waals surface area contributed by atoms with E-state index in [1.54, 1.807) is 42.5 Å². The molecule has 1 heterocycles. The van der Waals surface area contributed by atoms with Crippen molar-refractivity contribution in [3.63, 3.8) is 0 Å². The minimum Gasteiger partial charge on any atom is -0.463 e. The number of fused-ring (bicyclic) bond motifs is 1. The lowest BCUT2D eigenvalue weighted by Gasteiger charge is -2.05. The summed E-state index contributed by atoms with van der Waals surface area (Å²) in [5.74, 6) is -0.180. The average molecular weight is 294 g/mol. The van der Waals surface area contributed by atoms with Gasteiger partial charge in [-0.05, 0) is 29.8 Å². The van der Waals surface area contributed by atoms with Crippen LogP contribution in [0.3, 0.4) is 0 Å². The van der Waals surface area contributed by atoms with Crippen LogP contribution >= 0.6 is 0 Å². The van der Waals surface area contributed by atoms with Gasteiger partial charge in [-0.3, -0.25) is 9.59 Å². The van der Waals surface area contributed by atoms with Gasteiger partial charge in [0.25, 0.3) is 0 Å². The number of rotatable bonds is 2. The molecule has 1 aromatic heterocycles. The van der Waals surface area contributed by atoms with Crippen LogP contribution in [-0.2, 0) is 4.79 Å². The van der Waals surface area contributed by atoms with Crippen LogP contribution in [0.1, 0.15) is 6.92 Å². The first-order chi connectivity index (χ1) is 10.5. The van der Waals surface area contributed by atoms with E-state index in [1.807, 2.05) is 0 Å². The maximum atomic E-state index is 12.6. The molecular formula is C17H14N2O3. The largest absolute Gasteiger partial charge is 0.463 e. The Morgan fingerprint density at radius 1 is 1.14 bits per heavy atom. The number of hydrogen-bond donors (Lipinski definition) is 2. The van der Waals surface area contributed by atoms with E-state index in [-0.39, 0.29) is 11.3 Å². The number of benzene rings is 2. The van der Waals surface area contributed by atoms with E-state index in [1.165, 1.54) is 13.2 Å². The maximum absolute atomic E-state index is 12.6. The highest BCUT2D eigenvalue weighted by atomic mass is 16.3. The van der Waals surface area contributed by atoms with Crippen LogP contribution in [0.15, 0.2) is 57.9 Å². The van der Waals surface area contributed by atoms with Gasteiger partial charge in [-0.15, -0.1) is 0 Å². The Morgan fingerprint density at radius 2 is 1.86 bits per heavy atom. The number of nitrogen functional groups attached to an aromatic ring is 1. The number of amides is 1. The molecule has 0 fully saturated rings. The molecule has 3 N–H and O–H groups in total. The summed E-state index contributed by atoms with van der Waals surface area (Å²) in [5.41, 5.74) is 8.39. The predicted molar refractivity (Wildman–Crippen MR) is 86.6 cm³/mol. The Hall–Kier alpha value is -3.08. The van der Waals surface area contributed by atoms with Gasteiger partial charge in [0.2, 0.25) is 5.91 Å². The molecule has 0 aliphatic carbocycles. The van der Waals surface area contributed by atoms with E-state index >= 15 is 0 Å². The lowest BCUT2D eigenvalue weighted by Crippen LogP contribution is -2.07. The molecule has 1 amide bonds. The Labute approximate surface area is 126 Å². The normalized spacial score (nSPS) is 10.6. The number of carbonyl (C=O) groups excluding carboxylic acids is 1. The first-order valence-electron chi connectivity index (χ1n) is 6.73. The van der Waals surface area contributed by atoms with Crippen LogP contribution in [0.25, 0.3) is 22.1 Å². The van der Waals surface area contributed by atoms with Crippen molar-refractivity contribution in [1.29, 1.82) is 0 Å². The second kappa shape index (κ2) is 5.37. The summed E-state index contributed by atoms with van der Waals surface area (Å²) < 4.78 is 5.55. The summed E-state index contributed by atoms with van der Waals surface area (Å²) in [4.78, 5) is 23.6. The molecule has 3 aromatic rings. The molecule has 110 valence electrons. The summed E-state index contributed by atoms with van der Waals surface area (Å²) in [6.07, 6.45) is 1.42. The first-order valence-corrected chi connectivity index (χ1v) is 6.73. The van der Waals surface area contributed by atoms with Gasteiger partial charge in [0, 0.05) is 24.4 Å². The van der Waals surface area contributed by atoms with Crippen molar-refractivity contribution in [2.24, 2.45) is 0 Å². The highest BCUT2D eigenvalue weighted by Gasteiger charge is 2.10. The zero-order chi connectivity index (χ0) is 15.7. The van der Waals surface area contributed by atoms with E-state index in [0.717, 1.165) is 5.56 Å². The fraction of sp³-hybridized carbons (Fsp3) is 0.0588. The van der Waals surface area contributed by atoms with Gasteiger partial charge in [-0.2, -0.15) is 0 Å². The van der Waals surface area contributed by atoms with Crippen molar-refractivity contribution >= 4 is 28.3 Å². The van der Waals surface area contributed by atoms with Crippen molar-refractivity contribution in [3.8, 4) is 11.1 Å². The number of hydrogen-bond acceptors (Lipinski definition) is 4. The van der Waals surface area contributed by atoms with Crippen molar-refractivity contribution in [3.05, 3.63) is 59.0 Å². The van der Waals surface area contributed by atoms with Crippen LogP contribution in [0.2, 0.25) is 0 Å². The van der Waals surface area contributed by atoms with Crippen molar-refractivity contribution in [2.45, 2.75) is 6.92 Å². The summed E-state index contributed by atoms with van der Waals surface area (Å²) in [7, 11) is 0. The minimum absolute atomic E-state index is 0.125. The first kappa shape index (κ1) is 13.9. The summed E-state index contributed by atoms with van der Waals surface area (Å²) >= 11 is 0. The van der Waals surface area contributed by atoms with E-state index in [9.17, 15) is 9.59 Å². The maximum Gasteiger partial charge on any atom is 0.221 e. The SMILES string of the molecule is CC(=O)Nc1ccc2c(=O)c(-c3ccc(N)cc3)coc2c1. The molecule has 22 heavy (non-hydrogen) atoms. The molecule has 0 aliphatic rings. The third kappa shape index (κ3) is 2.56. The van der Waals surface area contributed by atoms with Gasteiger partial charge in [0.15, 0.2) is 5.43 Å². The van der Waals surface area contributed by atoms with Gasteiger partial charge < -0.3 is 15.5 Å². The lowest BCUT2D eigenvalue weighted by atomic mass is 10.1. The molecule has 3 rings (SSSR count). The molecule has 0 radical (unpaired) electrons. The fourth-order valence-electron chi connectivity index (χ4n) is 2.27. The van der Waals surface area contributed by atoms with Gasteiger partial charge in [0.05, 0.1) is 10.9 Å². The zero-order valence-electron chi connectivity index (χ0n) is 11.9. The highest BCUT2D eigenvalue weighted by Crippen LogP contribution is 2.22. The minimum atomic E-state index is -0.180. The number of nitrogens with one attached hydrogen (secondary N) is 1. The Balaban J connectivity index is 2.12. The zero-order valence-corrected chi connectivity index (χ0v) is 11.9. The molecule has 0 aliphatic heterocycles. The van der Waals surface area contributed by atoms with Crippen molar-refractivity contribution in [1.82, 2.24) is 0 Å². The molecule has 0 saturated carbocycles. The molecule has 0 spiro atoms. The highest BCUT2D eigenvalue weighted by molar-refractivity contribution is 5.92. The molecule has 0 unspecified atom stereocenters. The van der Waals surface area contributed by atoms with Gasteiger partial charge in [0.1, 0.15) is 11.8 Å². The van der Waals surface area contributed by atoms with Gasteiger partial charge in [-0.1, -0.05) is 12.1 Å². The standard InChI is InChI=1S/C17H14N2O3/c1-10(20)19-13-6-7-14-16(8-13)22-9-15(17(14)21)11-2-4-12(18)5-3-11/h2-9H,18H2,1H3,(H,19,20). The van der Waals surface area contributed by atoms with E-state index < -0.39 is 0 Å². The average Bonchev–Trinajstić information content (AvgIpc) is 2.48. The third-order valence-electron chi connectivity index (χ3n) is 3.32. The van der Waals surface area contributed by atoms with Crippen LogP contribution in [0.5, 0.6) is 0 Å². The summed E-state index contributed by atoms with van der Waals surface area (Å²) in [6, 6.07) is 12.0. The molecular weight excluding hydrogens is 280 g/mol. The summed E-state index contributed by atoms with van der Waals surface area (Å²) in [6.45, 7) is 1.42. The number of carbonyl (C=O) groups is 1. The van der Waals surface area contributed by atoms with Gasteiger partial charge in [-0.25, -0.2) is 0 Å². The van der Waals surface area contributed by atoms with Crippen molar-refractivity contribution < 1.29 is 9.21 Å². The number of nitrogens with two attached hydrogens (primary N) is 1. The topological polar surface area (TPSA) is 85.3 Å². The molecule has 2 aromatic carbocycles. The lowest BCUT2D eigenvalue weighted by molar-refractivity contribution is -0.114. The van der Waals surface area contributed by atoms with Crippen LogP contribution in [-0.4, -0.2) is 5.91 Å². The van der Waals surface area contributed by atoms with Crippen LogP contribution in [0, 0.1) is 0 Å². The monoisotopic (exact) mass is 294 g/mol. The Morgan fingerprint density at radius 3 is 2.55 bits per heavy atom. The molecule has 0 bridgehead atoms. The second-order valence-corrected chi connectivity index (χ2v) is 4.99. The molecule has 0 atom stereocenters.